The minimum atomic E-state index is 0.703. The molecule has 0 saturated carbocycles. The maximum Gasteiger partial charge on any atom is 0.119 e. The number of hydrogen-bond acceptors (Lipinski definition) is 2. The van der Waals surface area contributed by atoms with Gasteiger partial charge in [0.2, 0.25) is 0 Å². The molecule has 0 aliphatic carbocycles. The van der Waals surface area contributed by atoms with E-state index in [9.17, 15) is 0 Å². The Morgan fingerprint density at radius 2 is 1.30 bits per heavy atom. The largest absolute Gasteiger partial charge is 0.492 e. The Bertz CT molecular complexity index is 927. The van der Waals surface area contributed by atoms with Gasteiger partial charge in [-0.3, -0.25) is 0 Å². The summed E-state index contributed by atoms with van der Waals surface area (Å²) in [7, 11) is 0. The van der Waals surface area contributed by atoms with E-state index in [-0.39, 0.29) is 0 Å². The SMILES string of the molecule is CC/C(=C(\c1ccccc1)c1cccc(OCCN(CC)CC)c1)c1ccccc1. The molecule has 0 unspecified atom stereocenters. The van der Waals surface area contributed by atoms with E-state index < -0.39 is 0 Å². The summed E-state index contributed by atoms with van der Waals surface area (Å²) in [6.45, 7) is 10.4. The molecule has 3 rings (SSSR count). The molecule has 0 aliphatic heterocycles. The normalized spacial score (nSPS) is 12.0. The van der Waals surface area contributed by atoms with Crippen molar-refractivity contribution < 1.29 is 4.74 Å². The van der Waals surface area contributed by atoms with Crippen molar-refractivity contribution in [3.63, 3.8) is 0 Å². The van der Waals surface area contributed by atoms with Crippen molar-refractivity contribution >= 4 is 11.1 Å². The van der Waals surface area contributed by atoms with E-state index in [4.69, 9.17) is 4.74 Å². The van der Waals surface area contributed by atoms with Gasteiger partial charge in [-0.2, -0.15) is 0 Å². The van der Waals surface area contributed by atoms with Gasteiger partial charge in [-0.25, -0.2) is 0 Å². The summed E-state index contributed by atoms with van der Waals surface area (Å²) in [5.41, 5.74) is 6.33. The molecule has 0 N–H and O–H groups in total. The smallest absolute Gasteiger partial charge is 0.119 e. The molecule has 0 radical (unpaired) electrons. The molecule has 3 aromatic carbocycles. The Hall–Kier alpha value is -2.84. The van der Waals surface area contributed by atoms with Crippen LogP contribution in [-0.2, 0) is 0 Å². The zero-order chi connectivity index (χ0) is 21.2. The molecule has 0 atom stereocenters. The summed E-state index contributed by atoms with van der Waals surface area (Å²) in [4.78, 5) is 2.38. The van der Waals surface area contributed by atoms with E-state index in [0.717, 1.165) is 31.8 Å². The van der Waals surface area contributed by atoms with Crippen LogP contribution in [0.15, 0.2) is 84.9 Å². The third-order valence-corrected chi connectivity index (χ3v) is 5.53. The van der Waals surface area contributed by atoms with Crippen LogP contribution in [0.5, 0.6) is 5.75 Å². The van der Waals surface area contributed by atoms with Crippen molar-refractivity contribution in [3.05, 3.63) is 102 Å². The molecule has 0 saturated heterocycles. The number of allylic oxidation sites excluding steroid dienone is 1. The van der Waals surface area contributed by atoms with E-state index >= 15 is 0 Å². The number of hydrogen-bond donors (Lipinski definition) is 0. The van der Waals surface area contributed by atoms with Gasteiger partial charge < -0.3 is 9.64 Å². The van der Waals surface area contributed by atoms with Gasteiger partial charge in [0.05, 0.1) is 0 Å². The molecular weight excluding hydrogens is 366 g/mol. The fourth-order valence-electron chi connectivity index (χ4n) is 3.86. The summed E-state index contributed by atoms with van der Waals surface area (Å²) in [5.74, 6) is 0.927. The van der Waals surface area contributed by atoms with Gasteiger partial charge in [-0.1, -0.05) is 93.6 Å². The highest BCUT2D eigenvalue weighted by atomic mass is 16.5. The zero-order valence-corrected chi connectivity index (χ0v) is 18.5. The highest BCUT2D eigenvalue weighted by Gasteiger charge is 2.13. The molecule has 30 heavy (non-hydrogen) atoms. The van der Waals surface area contributed by atoms with Gasteiger partial charge >= 0.3 is 0 Å². The lowest BCUT2D eigenvalue weighted by molar-refractivity contribution is 0.223. The number of ether oxygens (including phenoxy) is 1. The molecule has 156 valence electrons. The Morgan fingerprint density at radius 3 is 1.90 bits per heavy atom. The summed E-state index contributed by atoms with van der Waals surface area (Å²) in [6.07, 6.45) is 0.960. The molecule has 0 amide bonds. The standard InChI is InChI=1S/C28H33NO/c1-4-27(23-14-9-7-10-15-23)28(24-16-11-8-12-17-24)25-18-13-19-26(22-25)30-21-20-29(5-2)6-3/h7-19,22H,4-6,20-21H2,1-3H3/b28-27-. The topological polar surface area (TPSA) is 12.5 Å². The van der Waals surface area contributed by atoms with Gasteiger partial charge in [0.25, 0.3) is 0 Å². The molecule has 0 fully saturated rings. The lowest BCUT2D eigenvalue weighted by atomic mass is 9.88. The fraction of sp³-hybridized carbons (Fsp3) is 0.286. The van der Waals surface area contributed by atoms with E-state index in [1.807, 2.05) is 0 Å². The Balaban J connectivity index is 1.98. The lowest BCUT2D eigenvalue weighted by Gasteiger charge is -2.19. The maximum absolute atomic E-state index is 6.12. The number of rotatable bonds is 10. The van der Waals surface area contributed by atoms with Crippen LogP contribution in [0.1, 0.15) is 43.9 Å². The summed E-state index contributed by atoms with van der Waals surface area (Å²) in [5, 5.41) is 0. The van der Waals surface area contributed by atoms with Crippen LogP contribution >= 0.6 is 0 Å². The van der Waals surface area contributed by atoms with Crippen molar-refractivity contribution in [1.29, 1.82) is 0 Å². The van der Waals surface area contributed by atoms with Crippen LogP contribution in [0.2, 0.25) is 0 Å². The minimum absolute atomic E-state index is 0.703. The first-order valence-corrected chi connectivity index (χ1v) is 11.1. The van der Waals surface area contributed by atoms with Crippen molar-refractivity contribution in [2.24, 2.45) is 0 Å². The first-order valence-electron chi connectivity index (χ1n) is 11.1. The quantitative estimate of drug-likeness (QED) is 0.349. The first kappa shape index (κ1) is 21.9. The van der Waals surface area contributed by atoms with Crippen molar-refractivity contribution in [3.8, 4) is 5.75 Å². The van der Waals surface area contributed by atoms with E-state index in [1.165, 1.54) is 27.8 Å². The van der Waals surface area contributed by atoms with Crippen LogP contribution in [0.4, 0.5) is 0 Å². The fourth-order valence-corrected chi connectivity index (χ4v) is 3.86. The molecule has 0 heterocycles. The maximum atomic E-state index is 6.12. The summed E-state index contributed by atoms with van der Waals surface area (Å²) >= 11 is 0. The van der Waals surface area contributed by atoms with Crippen molar-refractivity contribution in [1.82, 2.24) is 4.90 Å². The zero-order valence-electron chi connectivity index (χ0n) is 18.5. The van der Waals surface area contributed by atoms with Gasteiger partial charge in [-0.15, -0.1) is 0 Å². The molecule has 2 nitrogen and oxygen atoms in total. The van der Waals surface area contributed by atoms with Crippen LogP contribution in [0.3, 0.4) is 0 Å². The number of likely N-dealkylation sites (N-methyl/N-ethyl adjacent to an activating group) is 1. The third-order valence-electron chi connectivity index (χ3n) is 5.53. The predicted molar refractivity (Wildman–Crippen MR) is 129 cm³/mol. The van der Waals surface area contributed by atoms with Gasteiger partial charge in [0.1, 0.15) is 12.4 Å². The van der Waals surface area contributed by atoms with Crippen molar-refractivity contribution in [2.75, 3.05) is 26.2 Å². The highest BCUT2D eigenvalue weighted by Crippen LogP contribution is 2.35. The molecule has 0 bridgehead atoms. The Labute approximate surface area is 181 Å². The molecule has 2 heteroatoms. The van der Waals surface area contributed by atoms with Gasteiger partial charge in [0, 0.05) is 6.54 Å². The number of benzene rings is 3. The van der Waals surface area contributed by atoms with Crippen LogP contribution in [0, 0.1) is 0 Å². The van der Waals surface area contributed by atoms with Gasteiger partial charge in [0.15, 0.2) is 0 Å². The van der Waals surface area contributed by atoms with E-state index in [2.05, 4.69) is 111 Å². The third kappa shape index (κ3) is 5.61. The average molecular weight is 400 g/mol. The van der Waals surface area contributed by atoms with E-state index in [0.29, 0.717) is 6.61 Å². The Kier molecular flexibility index (Phi) is 8.29. The predicted octanol–water partition coefficient (Wildman–Crippen LogP) is 6.78. The van der Waals surface area contributed by atoms with Gasteiger partial charge in [-0.05, 0) is 59.5 Å². The molecular formula is C28H33NO. The second kappa shape index (κ2) is 11.4. The highest BCUT2D eigenvalue weighted by molar-refractivity contribution is 5.98. The first-order chi connectivity index (χ1) is 14.8. The van der Waals surface area contributed by atoms with Crippen LogP contribution in [-0.4, -0.2) is 31.1 Å². The Morgan fingerprint density at radius 1 is 0.700 bits per heavy atom. The monoisotopic (exact) mass is 399 g/mol. The minimum Gasteiger partial charge on any atom is -0.492 e. The van der Waals surface area contributed by atoms with E-state index in [1.54, 1.807) is 0 Å². The van der Waals surface area contributed by atoms with Crippen LogP contribution in [0.25, 0.3) is 11.1 Å². The average Bonchev–Trinajstić information content (AvgIpc) is 2.81. The molecule has 3 aromatic rings. The summed E-state index contributed by atoms with van der Waals surface area (Å²) < 4.78 is 6.12. The molecule has 0 spiro atoms. The molecule has 0 aliphatic rings. The summed E-state index contributed by atoms with van der Waals surface area (Å²) in [6, 6.07) is 29.9. The molecule has 0 aromatic heterocycles. The second-order valence-corrected chi connectivity index (χ2v) is 7.34. The van der Waals surface area contributed by atoms with Crippen LogP contribution < -0.4 is 4.74 Å². The second-order valence-electron chi connectivity index (χ2n) is 7.34. The number of nitrogens with zero attached hydrogens (tertiary/aromatic N) is 1. The lowest BCUT2D eigenvalue weighted by Crippen LogP contribution is -2.27. The van der Waals surface area contributed by atoms with Crippen molar-refractivity contribution in [2.45, 2.75) is 27.2 Å².